The molecule has 8 heteroatoms. The summed E-state index contributed by atoms with van der Waals surface area (Å²) in [5.41, 5.74) is 0.906. The van der Waals surface area contributed by atoms with Crippen LogP contribution in [-0.4, -0.2) is 33.0 Å². The molecular weight excluding hydrogens is 420 g/mol. The van der Waals surface area contributed by atoms with Gasteiger partial charge >= 0.3 is 0 Å². The Balaban J connectivity index is 1.43. The molecular formula is C22H23ClN4O2S. The van der Waals surface area contributed by atoms with Gasteiger partial charge in [-0.25, -0.2) is 0 Å². The highest BCUT2D eigenvalue weighted by Crippen LogP contribution is 2.39. The van der Waals surface area contributed by atoms with Crippen LogP contribution < -0.4 is 9.64 Å². The zero-order valence-electron chi connectivity index (χ0n) is 16.7. The standard InChI is InChI=1S/C22H23ClN4O2S/c1-2-26(16-8-4-3-5-9-16)21(28)15-30-22-25-24-20(27(22)17-12-13-17)14-29-19-11-7-6-10-18(19)23/h3-11,17H,2,12-15H2,1H3. The lowest BCUT2D eigenvalue weighted by Crippen LogP contribution is -2.32. The number of aromatic nitrogens is 3. The van der Waals surface area contributed by atoms with E-state index in [9.17, 15) is 4.79 Å². The number of carbonyl (C=O) groups excluding carboxylic acids is 1. The van der Waals surface area contributed by atoms with E-state index in [-0.39, 0.29) is 12.5 Å². The number of rotatable bonds is 9. The topological polar surface area (TPSA) is 60.3 Å². The van der Waals surface area contributed by atoms with Gasteiger partial charge in [-0.15, -0.1) is 10.2 Å². The highest BCUT2D eigenvalue weighted by Gasteiger charge is 2.30. The summed E-state index contributed by atoms with van der Waals surface area (Å²) >= 11 is 7.60. The molecule has 0 saturated heterocycles. The maximum Gasteiger partial charge on any atom is 0.237 e. The van der Waals surface area contributed by atoms with Crippen LogP contribution in [-0.2, 0) is 11.4 Å². The summed E-state index contributed by atoms with van der Waals surface area (Å²) in [7, 11) is 0. The van der Waals surface area contributed by atoms with Crippen molar-refractivity contribution in [1.82, 2.24) is 14.8 Å². The van der Waals surface area contributed by atoms with Gasteiger partial charge in [-0.3, -0.25) is 9.36 Å². The van der Waals surface area contributed by atoms with E-state index in [4.69, 9.17) is 16.3 Å². The molecule has 1 aliphatic rings. The van der Waals surface area contributed by atoms with Crippen molar-refractivity contribution < 1.29 is 9.53 Å². The minimum absolute atomic E-state index is 0.0490. The fourth-order valence-corrected chi connectivity index (χ4v) is 4.31. The lowest BCUT2D eigenvalue weighted by Gasteiger charge is -2.20. The first kappa shape index (κ1) is 20.8. The molecule has 0 unspecified atom stereocenters. The second-order valence-electron chi connectivity index (χ2n) is 6.98. The van der Waals surface area contributed by atoms with Crippen molar-refractivity contribution in [3.05, 3.63) is 65.4 Å². The molecule has 4 rings (SSSR count). The number of halogens is 1. The monoisotopic (exact) mass is 442 g/mol. The number of ether oxygens (including phenoxy) is 1. The number of anilines is 1. The van der Waals surface area contributed by atoms with E-state index < -0.39 is 0 Å². The molecule has 156 valence electrons. The molecule has 1 aliphatic carbocycles. The lowest BCUT2D eigenvalue weighted by atomic mass is 10.3. The normalized spacial score (nSPS) is 13.3. The molecule has 1 fully saturated rings. The summed E-state index contributed by atoms with van der Waals surface area (Å²) in [6.07, 6.45) is 2.17. The van der Waals surface area contributed by atoms with Crippen molar-refractivity contribution in [2.45, 2.75) is 37.6 Å². The van der Waals surface area contributed by atoms with Gasteiger partial charge in [0.15, 0.2) is 11.0 Å². The Hall–Kier alpha value is -2.51. The number of amides is 1. The summed E-state index contributed by atoms with van der Waals surface area (Å²) < 4.78 is 7.96. The van der Waals surface area contributed by atoms with Crippen molar-refractivity contribution in [3.63, 3.8) is 0 Å². The van der Waals surface area contributed by atoms with Gasteiger partial charge in [0.05, 0.1) is 10.8 Å². The van der Waals surface area contributed by atoms with Crippen molar-refractivity contribution >= 4 is 35.0 Å². The average Bonchev–Trinajstić information content (AvgIpc) is 3.53. The van der Waals surface area contributed by atoms with Gasteiger partial charge in [0, 0.05) is 18.3 Å². The van der Waals surface area contributed by atoms with Crippen molar-refractivity contribution in [2.24, 2.45) is 0 Å². The molecule has 0 radical (unpaired) electrons. The molecule has 3 aromatic rings. The fraction of sp³-hybridized carbons (Fsp3) is 0.318. The van der Waals surface area contributed by atoms with Gasteiger partial charge in [0.2, 0.25) is 5.91 Å². The van der Waals surface area contributed by atoms with Crippen molar-refractivity contribution in [1.29, 1.82) is 0 Å². The highest BCUT2D eigenvalue weighted by atomic mass is 35.5. The Morgan fingerprint density at radius 3 is 2.60 bits per heavy atom. The summed E-state index contributed by atoms with van der Waals surface area (Å²) in [6.45, 7) is 2.88. The molecule has 30 heavy (non-hydrogen) atoms. The maximum absolute atomic E-state index is 12.8. The van der Waals surface area contributed by atoms with Crippen molar-refractivity contribution in [2.75, 3.05) is 17.2 Å². The van der Waals surface area contributed by atoms with Crippen LogP contribution in [0.4, 0.5) is 5.69 Å². The molecule has 1 heterocycles. The third kappa shape index (κ3) is 4.79. The van der Waals surface area contributed by atoms with E-state index in [1.54, 1.807) is 11.0 Å². The largest absolute Gasteiger partial charge is 0.484 e. The van der Waals surface area contributed by atoms with Crippen molar-refractivity contribution in [3.8, 4) is 5.75 Å². The Morgan fingerprint density at radius 1 is 1.17 bits per heavy atom. The summed E-state index contributed by atoms with van der Waals surface area (Å²) in [5, 5.41) is 9.98. The average molecular weight is 443 g/mol. The number of hydrogen-bond donors (Lipinski definition) is 0. The van der Waals surface area contributed by atoms with Crippen LogP contribution >= 0.6 is 23.4 Å². The second-order valence-corrected chi connectivity index (χ2v) is 8.33. The van der Waals surface area contributed by atoms with Gasteiger partial charge in [0.1, 0.15) is 12.4 Å². The Morgan fingerprint density at radius 2 is 1.90 bits per heavy atom. The van der Waals surface area contributed by atoms with E-state index in [2.05, 4.69) is 14.8 Å². The quantitative estimate of drug-likeness (QED) is 0.437. The van der Waals surface area contributed by atoms with Gasteiger partial charge < -0.3 is 9.64 Å². The van der Waals surface area contributed by atoms with E-state index in [1.165, 1.54) is 11.8 Å². The molecule has 0 spiro atoms. The van der Waals surface area contributed by atoms with Crippen LogP contribution in [0.2, 0.25) is 5.02 Å². The number of hydrogen-bond acceptors (Lipinski definition) is 5. The molecule has 2 aromatic carbocycles. The fourth-order valence-electron chi connectivity index (χ4n) is 3.22. The smallest absolute Gasteiger partial charge is 0.237 e. The molecule has 1 saturated carbocycles. The van der Waals surface area contributed by atoms with Gasteiger partial charge in [-0.05, 0) is 44.0 Å². The highest BCUT2D eigenvalue weighted by molar-refractivity contribution is 7.99. The van der Waals surface area contributed by atoms with Gasteiger partial charge in [-0.2, -0.15) is 0 Å². The number of thioether (sulfide) groups is 1. The minimum atomic E-state index is 0.0490. The zero-order chi connectivity index (χ0) is 20.9. The Bertz CT molecular complexity index is 1010. The number of nitrogens with zero attached hydrogens (tertiary/aromatic N) is 4. The Labute approximate surface area is 185 Å². The van der Waals surface area contributed by atoms with E-state index in [0.29, 0.717) is 29.1 Å². The van der Waals surface area contributed by atoms with Gasteiger partial charge in [0.25, 0.3) is 0 Å². The lowest BCUT2D eigenvalue weighted by molar-refractivity contribution is -0.116. The van der Waals surface area contributed by atoms with Crippen LogP contribution in [0.5, 0.6) is 5.75 Å². The molecule has 0 aliphatic heterocycles. The first-order valence-corrected chi connectivity index (χ1v) is 11.3. The SMILES string of the molecule is CCN(C(=O)CSc1nnc(COc2ccccc2Cl)n1C1CC1)c1ccccc1. The summed E-state index contributed by atoms with van der Waals surface area (Å²) in [5.74, 6) is 1.73. The molecule has 0 N–H and O–H groups in total. The summed E-state index contributed by atoms with van der Waals surface area (Å²) in [6, 6.07) is 17.5. The van der Waals surface area contributed by atoms with E-state index >= 15 is 0 Å². The predicted molar refractivity (Wildman–Crippen MR) is 119 cm³/mol. The number of carbonyl (C=O) groups is 1. The summed E-state index contributed by atoms with van der Waals surface area (Å²) in [4.78, 5) is 14.6. The third-order valence-electron chi connectivity index (χ3n) is 4.85. The van der Waals surface area contributed by atoms with Crippen LogP contribution in [0.15, 0.2) is 59.8 Å². The Kier molecular flexibility index (Phi) is 6.59. The maximum atomic E-state index is 12.8. The molecule has 0 bridgehead atoms. The van der Waals surface area contributed by atoms with E-state index in [1.807, 2.05) is 55.5 Å². The van der Waals surface area contributed by atoms with Crippen LogP contribution in [0.1, 0.15) is 31.6 Å². The number of benzene rings is 2. The first-order valence-electron chi connectivity index (χ1n) is 9.96. The molecule has 1 amide bonds. The number of para-hydroxylation sites is 2. The van der Waals surface area contributed by atoms with Crippen LogP contribution in [0.25, 0.3) is 0 Å². The van der Waals surface area contributed by atoms with Crippen LogP contribution in [0.3, 0.4) is 0 Å². The first-order chi connectivity index (χ1) is 14.7. The van der Waals surface area contributed by atoms with Gasteiger partial charge in [-0.1, -0.05) is 53.7 Å². The van der Waals surface area contributed by atoms with E-state index in [0.717, 1.165) is 29.5 Å². The molecule has 0 atom stereocenters. The minimum Gasteiger partial charge on any atom is -0.484 e. The van der Waals surface area contributed by atoms with Crippen LogP contribution in [0, 0.1) is 0 Å². The second kappa shape index (κ2) is 9.53. The molecule has 1 aromatic heterocycles. The third-order valence-corrected chi connectivity index (χ3v) is 6.09. The zero-order valence-corrected chi connectivity index (χ0v) is 18.3. The predicted octanol–water partition coefficient (Wildman–Crippen LogP) is 4.99. The molecule has 6 nitrogen and oxygen atoms in total.